The minimum atomic E-state index is -5.20. The summed E-state index contributed by atoms with van der Waals surface area (Å²) < 4.78 is 36.3. The smallest absolute Gasteiger partial charge is 0.248 e. The van der Waals surface area contributed by atoms with Gasteiger partial charge in [-0.1, -0.05) is 0 Å². The number of hydrogen-bond acceptors (Lipinski definition) is 1. The number of nitrogens with two attached hydrogens (primary N) is 1. The lowest BCUT2D eigenvalue weighted by molar-refractivity contribution is 0.1000. The largest absolute Gasteiger partial charge is 0.366 e. The molecule has 1 aromatic carbocycles. The van der Waals surface area contributed by atoms with E-state index in [1.807, 2.05) is 0 Å². The highest BCUT2D eigenvalue weighted by Crippen LogP contribution is 2.60. The Kier molecular flexibility index (Phi) is 2.51. The van der Waals surface area contributed by atoms with Crippen molar-refractivity contribution >= 4 is 17.1 Å². The molecule has 0 fully saturated rings. The predicted molar refractivity (Wildman–Crippen MR) is 44.1 cm³/mol. The standard InChI is InChI=1S/C7H6F3NOS/c8-13(9,10)6-3-1-5(2-4-6)7(11)12/h1-4H,(H2,11,12). The molecule has 0 aliphatic carbocycles. The highest BCUT2D eigenvalue weighted by atomic mass is 32.3. The number of carbonyl (C=O) groups excluding carboxylic acids is 1. The van der Waals surface area contributed by atoms with Crippen LogP contribution >= 0.6 is 11.2 Å². The maximum Gasteiger partial charge on any atom is 0.248 e. The second-order valence-corrected chi connectivity index (χ2v) is 3.58. The van der Waals surface area contributed by atoms with Crippen molar-refractivity contribution in [3.63, 3.8) is 0 Å². The molecule has 0 unspecified atom stereocenters. The zero-order valence-corrected chi connectivity index (χ0v) is 7.15. The van der Waals surface area contributed by atoms with Crippen LogP contribution in [0.4, 0.5) is 11.7 Å². The van der Waals surface area contributed by atoms with E-state index < -0.39 is 22.0 Å². The van der Waals surface area contributed by atoms with Gasteiger partial charge in [0.15, 0.2) is 0 Å². The Labute approximate surface area is 74.7 Å². The van der Waals surface area contributed by atoms with Gasteiger partial charge in [-0.25, -0.2) is 0 Å². The molecule has 0 spiro atoms. The van der Waals surface area contributed by atoms with Crippen molar-refractivity contribution in [3.05, 3.63) is 29.8 Å². The molecule has 0 saturated heterocycles. The monoisotopic (exact) mass is 209 g/mol. The molecule has 0 atom stereocenters. The van der Waals surface area contributed by atoms with Crippen molar-refractivity contribution in [1.82, 2.24) is 0 Å². The van der Waals surface area contributed by atoms with Crippen molar-refractivity contribution in [2.24, 2.45) is 5.73 Å². The number of hydrogen-bond donors (Lipinski definition) is 1. The number of benzene rings is 1. The third-order valence-corrected chi connectivity index (χ3v) is 2.21. The fourth-order valence-electron chi connectivity index (χ4n) is 0.774. The summed E-state index contributed by atoms with van der Waals surface area (Å²) in [6.07, 6.45) is 0. The van der Waals surface area contributed by atoms with Gasteiger partial charge in [-0.05, 0) is 24.3 Å². The van der Waals surface area contributed by atoms with Gasteiger partial charge >= 0.3 is 0 Å². The van der Waals surface area contributed by atoms with Crippen LogP contribution in [-0.2, 0) is 0 Å². The molecule has 2 N–H and O–H groups in total. The van der Waals surface area contributed by atoms with Gasteiger partial charge in [0.05, 0.1) is 4.90 Å². The van der Waals surface area contributed by atoms with E-state index in [1.165, 1.54) is 0 Å². The Balaban J connectivity index is 3.01. The van der Waals surface area contributed by atoms with Crippen molar-refractivity contribution in [3.8, 4) is 0 Å². The first-order chi connectivity index (χ1) is 5.91. The van der Waals surface area contributed by atoms with Gasteiger partial charge in [0.2, 0.25) is 17.1 Å². The van der Waals surface area contributed by atoms with Gasteiger partial charge in [-0.15, -0.1) is 11.7 Å². The van der Waals surface area contributed by atoms with Crippen LogP contribution in [0.25, 0.3) is 0 Å². The Morgan fingerprint density at radius 3 is 1.92 bits per heavy atom. The summed E-state index contributed by atoms with van der Waals surface area (Å²) in [5.74, 6) is -0.733. The molecule has 0 bridgehead atoms. The molecule has 1 rings (SSSR count). The zero-order valence-electron chi connectivity index (χ0n) is 6.34. The highest BCUT2D eigenvalue weighted by molar-refractivity contribution is 8.20. The first kappa shape index (κ1) is 9.91. The summed E-state index contributed by atoms with van der Waals surface area (Å²) in [7, 11) is 0. The number of halogens is 3. The lowest BCUT2D eigenvalue weighted by Gasteiger charge is -2.09. The second-order valence-electron chi connectivity index (χ2n) is 2.30. The van der Waals surface area contributed by atoms with Gasteiger partial charge in [0.1, 0.15) is 0 Å². The molecule has 1 amide bonds. The summed E-state index contributed by atoms with van der Waals surface area (Å²) in [6.45, 7) is 0. The molecule has 0 aromatic heterocycles. The third kappa shape index (κ3) is 2.38. The van der Waals surface area contributed by atoms with Crippen molar-refractivity contribution < 1.29 is 16.5 Å². The normalized spacial score (nSPS) is 12.5. The van der Waals surface area contributed by atoms with E-state index in [0.29, 0.717) is 0 Å². The molecular weight excluding hydrogens is 203 g/mol. The van der Waals surface area contributed by atoms with E-state index in [2.05, 4.69) is 0 Å². The van der Waals surface area contributed by atoms with Crippen LogP contribution in [0.5, 0.6) is 0 Å². The molecule has 0 aliphatic heterocycles. The summed E-state index contributed by atoms with van der Waals surface area (Å²) >= 11 is -5.20. The topological polar surface area (TPSA) is 43.1 Å². The summed E-state index contributed by atoms with van der Waals surface area (Å²) in [5, 5.41) is 0. The van der Waals surface area contributed by atoms with Crippen LogP contribution in [0.3, 0.4) is 0 Å². The summed E-state index contributed by atoms with van der Waals surface area (Å²) in [5.41, 5.74) is 4.94. The number of rotatable bonds is 2. The SMILES string of the molecule is NC(=O)c1ccc(S(F)(F)F)cc1. The van der Waals surface area contributed by atoms with E-state index >= 15 is 0 Å². The first-order valence-corrected chi connectivity index (χ1v) is 4.57. The van der Waals surface area contributed by atoms with Crippen LogP contribution < -0.4 is 5.73 Å². The maximum absolute atomic E-state index is 12.1. The Morgan fingerprint density at radius 2 is 1.62 bits per heavy atom. The second kappa shape index (κ2) is 3.29. The minimum Gasteiger partial charge on any atom is -0.366 e. The minimum absolute atomic E-state index is 0.0763. The number of primary amides is 1. The lowest BCUT2D eigenvalue weighted by atomic mass is 10.2. The van der Waals surface area contributed by atoms with Crippen LogP contribution in [0.2, 0.25) is 0 Å². The lowest BCUT2D eigenvalue weighted by Crippen LogP contribution is -2.10. The number of amides is 1. The van der Waals surface area contributed by atoms with Gasteiger partial charge in [0.25, 0.3) is 0 Å². The molecule has 72 valence electrons. The Morgan fingerprint density at radius 1 is 1.15 bits per heavy atom. The fraction of sp³-hybridized carbons (Fsp3) is 0. The van der Waals surface area contributed by atoms with Gasteiger partial charge in [-0.2, -0.15) is 0 Å². The Bertz CT molecular complexity index is 320. The van der Waals surface area contributed by atoms with Crippen LogP contribution in [0.1, 0.15) is 10.4 Å². The maximum atomic E-state index is 12.1. The van der Waals surface area contributed by atoms with Crippen LogP contribution in [-0.4, -0.2) is 5.91 Å². The summed E-state index contributed by atoms with van der Waals surface area (Å²) in [4.78, 5) is 9.80. The molecule has 1 aromatic rings. The van der Waals surface area contributed by atoms with E-state index in [0.717, 1.165) is 24.3 Å². The summed E-state index contributed by atoms with van der Waals surface area (Å²) in [6, 6.07) is 3.85. The molecule has 13 heavy (non-hydrogen) atoms. The quantitative estimate of drug-likeness (QED) is 0.799. The average molecular weight is 209 g/mol. The third-order valence-electron chi connectivity index (χ3n) is 1.41. The molecule has 2 nitrogen and oxygen atoms in total. The molecule has 0 saturated carbocycles. The van der Waals surface area contributed by atoms with Gasteiger partial charge < -0.3 is 5.73 Å². The van der Waals surface area contributed by atoms with Crippen molar-refractivity contribution in [2.45, 2.75) is 4.90 Å². The van der Waals surface area contributed by atoms with E-state index in [-0.39, 0.29) is 5.56 Å². The zero-order chi connectivity index (χ0) is 10.1. The van der Waals surface area contributed by atoms with Gasteiger partial charge in [0, 0.05) is 5.56 Å². The van der Waals surface area contributed by atoms with E-state index in [9.17, 15) is 16.5 Å². The molecule has 0 aliphatic rings. The van der Waals surface area contributed by atoms with Crippen molar-refractivity contribution in [2.75, 3.05) is 0 Å². The molecule has 0 heterocycles. The van der Waals surface area contributed by atoms with Crippen LogP contribution in [0.15, 0.2) is 29.2 Å². The molecule has 6 heteroatoms. The fourth-order valence-corrected chi connectivity index (χ4v) is 1.22. The highest BCUT2D eigenvalue weighted by Gasteiger charge is 2.23. The molecular formula is C7H6F3NOS. The van der Waals surface area contributed by atoms with Gasteiger partial charge in [-0.3, -0.25) is 4.79 Å². The molecule has 0 radical (unpaired) electrons. The average Bonchev–Trinajstić information content (AvgIpc) is 2.03. The van der Waals surface area contributed by atoms with Crippen LogP contribution in [0, 0.1) is 0 Å². The number of carbonyl (C=O) groups is 1. The predicted octanol–water partition coefficient (Wildman–Crippen LogP) is 2.60. The first-order valence-electron chi connectivity index (χ1n) is 3.23. The van der Waals surface area contributed by atoms with E-state index in [4.69, 9.17) is 5.73 Å². The van der Waals surface area contributed by atoms with Crippen molar-refractivity contribution in [1.29, 1.82) is 0 Å². The van der Waals surface area contributed by atoms with E-state index in [1.54, 1.807) is 0 Å². The Hall–Kier alpha value is -1.17.